The van der Waals surface area contributed by atoms with E-state index in [1.165, 1.54) is 18.6 Å². The zero-order chi connectivity index (χ0) is 14.7. The van der Waals surface area contributed by atoms with E-state index in [0.717, 1.165) is 38.7 Å². The smallest absolute Gasteiger partial charge is 0.225 e. The molecule has 2 aliphatic rings. The van der Waals surface area contributed by atoms with Gasteiger partial charge >= 0.3 is 0 Å². The number of hydrogen-bond acceptors (Lipinski definition) is 6. The van der Waals surface area contributed by atoms with Crippen LogP contribution in [0.5, 0.6) is 0 Å². The highest BCUT2D eigenvalue weighted by Gasteiger charge is 2.43. The van der Waals surface area contributed by atoms with E-state index < -0.39 is 0 Å². The number of anilines is 1. The maximum atomic E-state index is 6.21. The molecule has 0 spiro atoms. The molecule has 0 aliphatic carbocycles. The van der Waals surface area contributed by atoms with Crippen molar-refractivity contribution in [2.45, 2.75) is 30.6 Å². The lowest BCUT2D eigenvalue weighted by Crippen LogP contribution is -2.65. The van der Waals surface area contributed by atoms with Crippen molar-refractivity contribution in [3.63, 3.8) is 0 Å². The number of nitrogens with zero attached hydrogens (tertiary/aromatic N) is 4. The monoisotopic (exact) mass is 307 g/mol. The fourth-order valence-electron chi connectivity index (χ4n) is 3.62. The summed E-state index contributed by atoms with van der Waals surface area (Å²) in [4.78, 5) is 13.6. The number of rotatable bonds is 3. The zero-order valence-corrected chi connectivity index (χ0v) is 13.6. The molecule has 2 saturated heterocycles. The normalized spacial score (nSPS) is 31.3. The Balaban J connectivity index is 1.67. The molecular formula is C15H25N5S. The first-order valence-corrected chi connectivity index (χ1v) is 8.90. The summed E-state index contributed by atoms with van der Waals surface area (Å²) in [5.41, 5.74) is 6.40. The molecule has 3 rings (SSSR count). The highest BCUT2D eigenvalue weighted by molar-refractivity contribution is 8.00. The van der Waals surface area contributed by atoms with Crippen LogP contribution in [0.4, 0.5) is 5.95 Å². The van der Waals surface area contributed by atoms with Crippen LogP contribution in [0.1, 0.15) is 19.8 Å². The number of thioether (sulfide) groups is 1. The number of nitrogens with two attached hydrogens (primary N) is 1. The van der Waals surface area contributed by atoms with Gasteiger partial charge in [-0.15, -0.1) is 0 Å². The molecular weight excluding hydrogens is 282 g/mol. The maximum Gasteiger partial charge on any atom is 0.225 e. The van der Waals surface area contributed by atoms with Crippen molar-refractivity contribution in [2.75, 3.05) is 43.4 Å². The minimum Gasteiger partial charge on any atom is -0.338 e. The van der Waals surface area contributed by atoms with E-state index in [1.807, 2.05) is 18.5 Å². The molecule has 2 fully saturated rings. The van der Waals surface area contributed by atoms with Crippen LogP contribution in [-0.2, 0) is 0 Å². The fourth-order valence-corrected chi connectivity index (χ4v) is 4.95. The van der Waals surface area contributed by atoms with Gasteiger partial charge in [0.25, 0.3) is 0 Å². The van der Waals surface area contributed by atoms with Crippen molar-refractivity contribution in [2.24, 2.45) is 5.73 Å². The van der Waals surface area contributed by atoms with Crippen molar-refractivity contribution in [1.82, 2.24) is 14.9 Å². The van der Waals surface area contributed by atoms with Gasteiger partial charge in [0.15, 0.2) is 0 Å². The lowest BCUT2D eigenvalue weighted by Gasteiger charge is -2.52. The van der Waals surface area contributed by atoms with E-state index in [1.54, 1.807) is 0 Å². The van der Waals surface area contributed by atoms with Gasteiger partial charge in [-0.3, -0.25) is 4.90 Å². The summed E-state index contributed by atoms with van der Waals surface area (Å²) in [6.45, 7) is 7.21. The van der Waals surface area contributed by atoms with E-state index in [2.05, 4.69) is 38.5 Å². The van der Waals surface area contributed by atoms with Gasteiger partial charge in [0.1, 0.15) is 0 Å². The topological polar surface area (TPSA) is 58.3 Å². The van der Waals surface area contributed by atoms with E-state index in [-0.39, 0.29) is 5.54 Å². The summed E-state index contributed by atoms with van der Waals surface area (Å²) in [5, 5.41) is 0.621. The van der Waals surface area contributed by atoms with E-state index in [9.17, 15) is 0 Å². The first kappa shape index (κ1) is 15.1. The van der Waals surface area contributed by atoms with Gasteiger partial charge in [0.2, 0.25) is 5.95 Å². The first-order valence-electron chi connectivity index (χ1n) is 7.85. The van der Waals surface area contributed by atoms with E-state index in [4.69, 9.17) is 5.73 Å². The Morgan fingerprint density at radius 1 is 1.29 bits per heavy atom. The Labute approximate surface area is 131 Å². The molecule has 5 nitrogen and oxygen atoms in total. The molecule has 2 unspecified atom stereocenters. The molecule has 0 aromatic carbocycles. The predicted octanol–water partition coefficient (Wildman–Crippen LogP) is 1.21. The van der Waals surface area contributed by atoms with Crippen molar-refractivity contribution >= 4 is 17.7 Å². The van der Waals surface area contributed by atoms with Gasteiger partial charge in [-0.1, -0.05) is 6.92 Å². The predicted molar refractivity (Wildman–Crippen MR) is 88.8 cm³/mol. The molecule has 6 heteroatoms. The van der Waals surface area contributed by atoms with Crippen molar-refractivity contribution in [3.8, 4) is 0 Å². The van der Waals surface area contributed by atoms with Crippen LogP contribution in [0.2, 0.25) is 0 Å². The Hall–Kier alpha value is -0.850. The summed E-state index contributed by atoms with van der Waals surface area (Å²) in [6, 6.07) is 1.87. The number of piperazine rings is 1. The average molecular weight is 307 g/mol. The van der Waals surface area contributed by atoms with Crippen LogP contribution < -0.4 is 10.6 Å². The Kier molecular flexibility index (Phi) is 4.66. The molecule has 2 N–H and O–H groups in total. The summed E-state index contributed by atoms with van der Waals surface area (Å²) in [6.07, 6.45) is 6.15. The highest BCUT2D eigenvalue weighted by atomic mass is 32.2. The zero-order valence-electron chi connectivity index (χ0n) is 12.7. The summed E-state index contributed by atoms with van der Waals surface area (Å²) in [7, 11) is 0. The highest BCUT2D eigenvalue weighted by Crippen LogP contribution is 2.38. The quantitative estimate of drug-likeness (QED) is 0.906. The summed E-state index contributed by atoms with van der Waals surface area (Å²) in [5.74, 6) is 2.13. The number of hydrogen-bond donors (Lipinski definition) is 1. The summed E-state index contributed by atoms with van der Waals surface area (Å²) < 4.78 is 0. The van der Waals surface area contributed by atoms with Crippen LogP contribution in [0.3, 0.4) is 0 Å². The van der Waals surface area contributed by atoms with Crippen molar-refractivity contribution in [3.05, 3.63) is 18.5 Å². The van der Waals surface area contributed by atoms with Crippen LogP contribution in [0.15, 0.2) is 18.5 Å². The van der Waals surface area contributed by atoms with E-state index in [0.29, 0.717) is 5.25 Å². The van der Waals surface area contributed by atoms with Crippen molar-refractivity contribution in [1.29, 1.82) is 0 Å². The van der Waals surface area contributed by atoms with Crippen LogP contribution >= 0.6 is 11.8 Å². The van der Waals surface area contributed by atoms with Gasteiger partial charge in [-0.2, -0.15) is 11.8 Å². The first-order chi connectivity index (χ1) is 10.3. The standard InChI is InChI=1S/C15H25N5S/c1-13-15(12-16,4-2-11-21-13)20-9-7-19(8-10-20)14-17-5-3-6-18-14/h3,5-6,13H,2,4,7-12,16H2,1H3. The van der Waals surface area contributed by atoms with Crippen LogP contribution in [0.25, 0.3) is 0 Å². The Morgan fingerprint density at radius 3 is 2.62 bits per heavy atom. The molecule has 0 bridgehead atoms. The van der Waals surface area contributed by atoms with Gasteiger partial charge < -0.3 is 10.6 Å². The molecule has 2 atom stereocenters. The number of aromatic nitrogens is 2. The Bertz CT molecular complexity index is 449. The largest absolute Gasteiger partial charge is 0.338 e. The SMILES string of the molecule is CC1SCCCC1(CN)N1CCN(c2ncccn2)CC1. The third-order valence-corrected chi connectivity index (χ3v) is 6.44. The third kappa shape index (κ3) is 2.89. The molecule has 0 amide bonds. The van der Waals surface area contributed by atoms with Crippen LogP contribution in [-0.4, -0.2) is 64.1 Å². The second-order valence-corrected chi connectivity index (χ2v) is 7.40. The second-order valence-electron chi connectivity index (χ2n) is 5.95. The molecule has 1 aromatic heterocycles. The average Bonchev–Trinajstić information content (AvgIpc) is 2.57. The maximum absolute atomic E-state index is 6.21. The minimum atomic E-state index is 0.187. The van der Waals surface area contributed by atoms with E-state index >= 15 is 0 Å². The fraction of sp³-hybridized carbons (Fsp3) is 0.733. The van der Waals surface area contributed by atoms with Gasteiger partial charge in [0, 0.05) is 55.9 Å². The lowest BCUT2D eigenvalue weighted by molar-refractivity contribution is 0.0752. The molecule has 2 aliphatic heterocycles. The molecule has 1 aromatic rings. The minimum absolute atomic E-state index is 0.187. The van der Waals surface area contributed by atoms with Gasteiger partial charge in [-0.25, -0.2) is 9.97 Å². The lowest BCUT2D eigenvalue weighted by atomic mass is 9.87. The Morgan fingerprint density at radius 2 is 2.00 bits per heavy atom. The van der Waals surface area contributed by atoms with Crippen molar-refractivity contribution < 1.29 is 0 Å². The molecule has 116 valence electrons. The van der Waals surface area contributed by atoms with Gasteiger partial charge in [-0.05, 0) is 24.7 Å². The molecule has 21 heavy (non-hydrogen) atoms. The summed E-state index contributed by atoms with van der Waals surface area (Å²) >= 11 is 2.08. The third-order valence-electron chi connectivity index (χ3n) is 4.98. The molecule has 0 saturated carbocycles. The molecule has 0 radical (unpaired) electrons. The van der Waals surface area contributed by atoms with Crippen LogP contribution in [0, 0.1) is 0 Å². The molecule has 3 heterocycles. The second kappa shape index (κ2) is 6.50. The van der Waals surface area contributed by atoms with Gasteiger partial charge in [0.05, 0.1) is 0 Å².